The quantitative estimate of drug-likeness (QED) is 0.736. The molecule has 0 fully saturated rings. The van der Waals surface area contributed by atoms with Crippen molar-refractivity contribution in [3.63, 3.8) is 0 Å². The zero-order valence-electron chi connectivity index (χ0n) is 13.1. The highest BCUT2D eigenvalue weighted by molar-refractivity contribution is 9.10. The van der Waals surface area contributed by atoms with Crippen molar-refractivity contribution < 1.29 is 4.43 Å². The molecule has 5 heteroatoms. The number of hydrogen-bond acceptors (Lipinski definition) is 2. The van der Waals surface area contributed by atoms with E-state index in [1.54, 1.807) is 0 Å². The van der Waals surface area contributed by atoms with E-state index in [-0.39, 0.29) is 5.04 Å². The second-order valence-corrected chi connectivity index (χ2v) is 12.6. The molecule has 2 rings (SSSR count). The zero-order chi connectivity index (χ0) is 15.1. The average molecular weight is 355 g/mol. The molecule has 1 heterocycles. The Morgan fingerprint density at radius 3 is 2.55 bits per heavy atom. The first kappa shape index (κ1) is 15.7. The molecule has 0 aliphatic heterocycles. The summed E-state index contributed by atoms with van der Waals surface area (Å²) in [5.74, 6) is 0. The summed E-state index contributed by atoms with van der Waals surface area (Å²) in [7, 11) is 0.215. The summed E-state index contributed by atoms with van der Waals surface area (Å²) >= 11 is 3.57. The number of hydrogen-bond donors (Lipinski definition) is 0. The molecule has 20 heavy (non-hydrogen) atoms. The number of rotatable bonds is 3. The van der Waals surface area contributed by atoms with E-state index >= 15 is 0 Å². The van der Waals surface area contributed by atoms with E-state index in [4.69, 9.17) is 4.43 Å². The van der Waals surface area contributed by atoms with Crippen molar-refractivity contribution in [1.82, 2.24) is 9.78 Å². The van der Waals surface area contributed by atoms with Crippen LogP contribution in [-0.4, -0.2) is 18.1 Å². The molecule has 0 aliphatic rings. The van der Waals surface area contributed by atoms with Gasteiger partial charge in [-0.05, 0) is 30.3 Å². The SMILES string of the molecule is Cn1cc2cc(Br)cc(CO[Si](C)(C)C(C)(C)C)c2n1. The van der Waals surface area contributed by atoms with Gasteiger partial charge in [0.1, 0.15) is 0 Å². The van der Waals surface area contributed by atoms with E-state index in [9.17, 15) is 0 Å². The molecule has 3 nitrogen and oxygen atoms in total. The zero-order valence-corrected chi connectivity index (χ0v) is 15.7. The van der Waals surface area contributed by atoms with Crippen LogP contribution in [0.2, 0.25) is 18.1 Å². The third kappa shape index (κ3) is 3.15. The molecule has 0 saturated carbocycles. The number of aromatic nitrogens is 2. The van der Waals surface area contributed by atoms with Gasteiger partial charge in [-0.25, -0.2) is 0 Å². The number of fused-ring (bicyclic) bond motifs is 1. The van der Waals surface area contributed by atoms with Crippen molar-refractivity contribution >= 4 is 35.2 Å². The van der Waals surface area contributed by atoms with E-state index in [2.05, 4.69) is 67.0 Å². The van der Waals surface area contributed by atoms with Gasteiger partial charge in [-0.3, -0.25) is 4.68 Å². The van der Waals surface area contributed by atoms with Crippen LogP contribution in [0.5, 0.6) is 0 Å². The van der Waals surface area contributed by atoms with E-state index in [0.717, 1.165) is 20.9 Å². The first-order valence-electron chi connectivity index (χ1n) is 6.86. The Kier molecular flexibility index (Phi) is 4.15. The van der Waals surface area contributed by atoms with Gasteiger partial charge in [0, 0.05) is 28.7 Å². The molecule has 0 aliphatic carbocycles. The van der Waals surface area contributed by atoms with Crippen molar-refractivity contribution in [1.29, 1.82) is 0 Å². The summed E-state index contributed by atoms with van der Waals surface area (Å²) in [5, 5.41) is 5.92. The van der Waals surface area contributed by atoms with Crippen LogP contribution in [0.3, 0.4) is 0 Å². The highest BCUT2D eigenvalue weighted by Gasteiger charge is 2.37. The van der Waals surface area contributed by atoms with Crippen LogP contribution >= 0.6 is 15.9 Å². The van der Waals surface area contributed by atoms with E-state index in [1.165, 1.54) is 0 Å². The molecule has 0 atom stereocenters. The molecule has 2 aromatic rings. The number of benzene rings is 1. The van der Waals surface area contributed by atoms with Gasteiger partial charge in [0.2, 0.25) is 0 Å². The monoisotopic (exact) mass is 354 g/mol. The maximum Gasteiger partial charge on any atom is 0.192 e. The largest absolute Gasteiger partial charge is 0.412 e. The molecule has 0 radical (unpaired) electrons. The minimum Gasteiger partial charge on any atom is -0.412 e. The smallest absolute Gasteiger partial charge is 0.192 e. The van der Waals surface area contributed by atoms with Crippen molar-refractivity contribution in [3.8, 4) is 0 Å². The Balaban J connectivity index is 2.30. The first-order valence-corrected chi connectivity index (χ1v) is 10.6. The van der Waals surface area contributed by atoms with Crippen LogP contribution in [0, 0.1) is 0 Å². The van der Waals surface area contributed by atoms with Crippen molar-refractivity contribution in [2.24, 2.45) is 7.05 Å². The van der Waals surface area contributed by atoms with Gasteiger partial charge in [-0.15, -0.1) is 0 Å². The summed E-state index contributed by atoms with van der Waals surface area (Å²) in [5.41, 5.74) is 2.19. The molecule has 0 bridgehead atoms. The number of halogens is 1. The van der Waals surface area contributed by atoms with Crippen molar-refractivity contribution in [3.05, 3.63) is 28.4 Å². The number of aryl methyl sites for hydroxylation is 1. The molecular weight excluding hydrogens is 332 g/mol. The average Bonchev–Trinajstić information content (AvgIpc) is 2.64. The number of nitrogens with zero attached hydrogens (tertiary/aromatic N) is 2. The van der Waals surface area contributed by atoms with Crippen LogP contribution in [0.15, 0.2) is 22.8 Å². The summed E-state index contributed by atoms with van der Waals surface area (Å²) < 4.78 is 9.25. The molecule has 110 valence electrons. The second kappa shape index (κ2) is 5.28. The highest BCUT2D eigenvalue weighted by atomic mass is 79.9. The molecule has 1 aromatic heterocycles. The maximum absolute atomic E-state index is 6.32. The minimum absolute atomic E-state index is 0.224. The molecular formula is C15H23BrN2OSi. The Morgan fingerprint density at radius 2 is 1.95 bits per heavy atom. The van der Waals surface area contributed by atoms with Crippen LogP contribution in [0.4, 0.5) is 0 Å². The fraction of sp³-hybridized carbons (Fsp3) is 0.533. The van der Waals surface area contributed by atoms with Gasteiger partial charge in [-0.2, -0.15) is 5.10 Å². The van der Waals surface area contributed by atoms with Gasteiger partial charge in [0.15, 0.2) is 8.32 Å². The third-order valence-corrected chi connectivity index (χ3v) is 9.10. The Hall–Kier alpha value is -0.653. The van der Waals surface area contributed by atoms with Gasteiger partial charge >= 0.3 is 0 Å². The third-order valence-electron chi connectivity index (χ3n) is 4.16. The van der Waals surface area contributed by atoms with Crippen LogP contribution in [-0.2, 0) is 18.1 Å². The van der Waals surface area contributed by atoms with E-state index in [1.807, 2.05) is 17.9 Å². The van der Waals surface area contributed by atoms with Crippen LogP contribution in [0.25, 0.3) is 10.9 Å². The standard InChI is InChI=1S/C15H23BrN2OSi/c1-15(2,3)20(5,6)19-10-12-8-13(16)7-11-9-18(4)17-14(11)12/h7-9H,10H2,1-6H3. The fourth-order valence-electron chi connectivity index (χ4n) is 1.87. The van der Waals surface area contributed by atoms with Gasteiger partial charge < -0.3 is 4.43 Å². The second-order valence-electron chi connectivity index (χ2n) is 6.85. The maximum atomic E-state index is 6.32. The lowest BCUT2D eigenvalue weighted by Crippen LogP contribution is -2.40. The Labute approximate surface area is 130 Å². The van der Waals surface area contributed by atoms with Gasteiger partial charge in [0.05, 0.1) is 12.1 Å². The van der Waals surface area contributed by atoms with Gasteiger partial charge in [0.25, 0.3) is 0 Å². The molecule has 0 amide bonds. The van der Waals surface area contributed by atoms with E-state index < -0.39 is 8.32 Å². The molecule has 0 saturated heterocycles. The Morgan fingerprint density at radius 1 is 1.30 bits per heavy atom. The fourth-order valence-corrected chi connectivity index (χ4v) is 3.34. The van der Waals surface area contributed by atoms with Crippen LogP contribution in [0.1, 0.15) is 26.3 Å². The lowest BCUT2D eigenvalue weighted by molar-refractivity contribution is 0.277. The predicted molar refractivity (Wildman–Crippen MR) is 90.4 cm³/mol. The molecule has 1 aromatic carbocycles. The normalized spacial score (nSPS) is 13.2. The lowest BCUT2D eigenvalue weighted by atomic mass is 10.1. The molecule has 0 N–H and O–H groups in total. The topological polar surface area (TPSA) is 27.1 Å². The molecule has 0 spiro atoms. The first-order chi connectivity index (χ1) is 9.10. The van der Waals surface area contributed by atoms with E-state index in [0.29, 0.717) is 6.61 Å². The highest BCUT2D eigenvalue weighted by Crippen LogP contribution is 2.37. The summed E-state index contributed by atoms with van der Waals surface area (Å²) in [6.45, 7) is 12.0. The van der Waals surface area contributed by atoms with Crippen molar-refractivity contribution in [2.75, 3.05) is 0 Å². The van der Waals surface area contributed by atoms with Crippen molar-refractivity contribution in [2.45, 2.75) is 45.5 Å². The summed E-state index contributed by atoms with van der Waals surface area (Å²) in [4.78, 5) is 0. The predicted octanol–water partition coefficient (Wildman–Crippen LogP) is 4.86. The summed E-state index contributed by atoms with van der Waals surface area (Å²) in [6.07, 6.45) is 2.04. The minimum atomic E-state index is -1.74. The van der Waals surface area contributed by atoms with Gasteiger partial charge in [-0.1, -0.05) is 36.7 Å². The lowest BCUT2D eigenvalue weighted by Gasteiger charge is -2.36. The van der Waals surface area contributed by atoms with Crippen LogP contribution < -0.4 is 0 Å². The summed E-state index contributed by atoms with van der Waals surface area (Å²) in [6, 6.07) is 4.21. The Bertz CT molecular complexity index is 629. The molecule has 0 unspecified atom stereocenters.